The number of hydrogen-bond donors (Lipinski definition) is 0. The number of thioether (sulfide) groups is 1. The fourth-order valence-corrected chi connectivity index (χ4v) is 4.28. The Morgan fingerprint density at radius 1 is 1.17 bits per heavy atom. The zero-order chi connectivity index (χ0) is 21.2. The van der Waals surface area contributed by atoms with Gasteiger partial charge in [-0.2, -0.15) is 0 Å². The van der Waals surface area contributed by atoms with Crippen molar-refractivity contribution in [2.75, 3.05) is 24.3 Å². The summed E-state index contributed by atoms with van der Waals surface area (Å²) in [6, 6.07) is 9.96. The fourth-order valence-electron chi connectivity index (χ4n) is 3.53. The number of para-hydroxylation sites is 1. The first kappa shape index (κ1) is 21.0. The summed E-state index contributed by atoms with van der Waals surface area (Å²) >= 11 is 1.20. The third-order valence-electron chi connectivity index (χ3n) is 4.89. The summed E-state index contributed by atoms with van der Waals surface area (Å²) in [6.45, 7) is 7.64. The first-order valence-electron chi connectivity index (χ1n) is 9.37. The van der Waals surface area contributed by atoms with Crippen molar-refractivity contribution in [3.8, 4) is 0 Å². The van der Waals surface area contributed by atoms with Gasteiger partial charge in [-0.25, -0.2) is 9.97 Å². The van der Waals surface area contributed by atoms with Crippen LogP contribution in [0.5, 0.6) is 0 Å². The number of aryl methyl sites for hydroxylation is 2. The molecule has 29 heavy (non-hydrogen) atoms. The molecule has 0 unspecified atom stereocenters. The lowest BCUT2D eigenvalue weighted by Gasteiger charge is -2.23. The number of anilines is 1. The molecule has 0 atom stereocenters. The summed E-state index contributed by atoms with van der Waals surface area (Å²) in [4.78, 5) is 35.0. The Labute approximate surface area is 175 Å². The lowest BCUT2D eigenvalue weighted by molar-refractivity contribution is -0.144. The molecule has 0 N–H and O–H groups in total. The minimum absolute atomic E-state index is 0.0591. The van der Waals surface area contributed by atoms with Crippen LogP contribution in [0.25, 0.3) is 0 Å². The Bertz CT molecular complexity index is 965. The summed E-state index contributed by atoms with van der Waals surface area (Å²) in [5.41, 5.74) is 4.54. The molecule has 0 spiro atoms. The van der Waals surface area contributed by atoms with Crippen molar-refractivity contribution in [1.29, 1.82) is 0 Å². The molecule has 2 aromatic rings. The second kappa shape index (κ2) is 8.37. The molecule has 0 saturated carbocycles. The summed E-state index contributed by atoms with van der Waals surface area (Å²) in [5, 5.41) is 0.528. The van der Waals surface area contributed by atoms with Gasteiger partial charge in [-0.3, -0.25) is 9.59 Å². The van der Waals surface area contributed by atoms with Crippen molar-refractivity contribution in [3.63, 3.8) is 0 Å². The molecular formula is C22H25N3O3S. The molecule has 0 bridgehead atoms. The maximum Gasteiger partial charge on any atom is 0.316 e. The number of aromatic nitrogens is 2. The molecule has 3 rings (SSSR count). The van der Waals surface area contributed by atoms with E-state index < -0.39 is 5.97 Å². The van der Waals surface area contributed by atoms with Gasteiger partial charge in [-0.05, 0) is 31.5 Å². The van der Waals surface area contributed by atoms with E-state index in [2.05, 4.69) is 29.9 Å². The van der Waals surface area contributed by atoms with Gasteiger partial charge in [0.2, 0.25) is 0 Å². The highest BCUT2D eigenvalue weighted by molar-refractivity contribution is 7.99. The van der Waals surface area contributed by atoms with Crippen molar-refractivity contribution < 1.29 is 14.3 Å². The Morgan fingerprint density at radius 2 is 1.83 bits per heavy atom. The van der Waals surface area contributed by atoms with Gasteiger partial charge in [-0.15, -0.1) is 0 Å². The number of carbonyl (C=O) groups excluding carboxylic acids is 2. The summed E-state index contributed by atoms with van der Waals surface area (Å²) in [7, 11) is 1.94. The van der Waals surface area contributed by atoms with E-state index >= 15 is 0 Å². The zero-order valence-corrected chi connectivity index (χ0v) is 18.2. The number of ether oxygens (including phenoxy) is 1. The number of fused-ring (bicyclic) bond motifs is 1. The monoisotopic (exact) mass is 411 g/mol. The fraction of sp³-hybridized carbons (Fsp3) is 0.364. The van der Waals surface area contributed by atoms with Crippen molar-refractivity contribution in [1.82, 2.24) is 9.97 Å². The zero-order valence-electron chi connectivity index (χ0n) is 17.4. The second-order valence-electron chi connectivity index (χ2n) is 7.58. The summed E-state index contributed by atoms with van der Waals surface area (Å²) in [5.74, 6) is -0.649. The van der Waals surface area contributed by atoms with E-state index in [1.807, 2.05) is 50.1 Å². The third-order valence-corrected chi connectivity index (χ3v) is 5.72. The van der Waals surface area contributed by atoms with Gasteiger partial charge >= 0.3 is 5.97 Å². The standard InChI is InChI=1S/C22H25N3O3S/c1-14-10-15(2)24-21(23-14)29-13-20(27)28-12-16(26)11-19-22(3,4)17-8-6-7-9-18(17)25(19)5/h6-11H,12-13H2,1-5H3/b19-11-. The van der Waals surface area contributed by atoms with Gasteiger partial charge < -0.3 is 9.64 Å². The van der Waals surface area contributed by atoms with Crippen molar-refractivity contribution in [3.05, 3.63) is 59.1 Å². The van der Waals surface area contributed by atoms with Crippen LogP contribution < -0.4 is 4.90 Å². The van der Waals surface area contributed by atoms with Gasteiger partial charge in [0.1, 0.15) is 0 Å². The summed E-state index contributed by atoms with van der Waals surface area (Å²) in [6.07, 6.45) is 1.58. The first-order valence-corrected chi connectivity index (χ1v) is 10.4. The van der Waals surface area contributed by atoms with E-state index in [4.69, 9.17) is 4.74 Å². The van der Waals surface area contributed by atoms with Crippen molar-refractivity contribution in [2.45, 2.75) is 38.3 Å². The predicted octanol–water partition coefficient (Wildman–Crippen LogP) is 3.61. The predicted molar refractivity (Wildman–Crippen MR) is 114 cm³/mol. The van der Waals surface area contributed by atoms with Gasteiger partial charge in [0.15, 0.2) is 17.5 Å². The third kappa shape index (κ3) is 4.67. The Balaban J connectivity index is 1.57. The Kier molecular flexibility index (Phi) is 6.07. The SMILES string of the molecule is Cc1cc(C)nc(SCC(=O)OCC(=O)/C=C2\N(C)c3ccccc3C2(C)C)n1. The van der Waals surface area contributed by atoms with Gasteiger partial charge in [0.05, 0.1) is 5.75 Å². The van der Waals surface area contributed by atoms with Crippen molar-refractivity contribution >= 4 is 29.2 Å². The number of ketones is 1. The minimum Gasteiger partial charge on any atom is -0.457 e. The number of carbonyl (C=O) groups is 2. The molecule has 7 heteroatoms. The van der Waals surface area contributed by atoms with Gasteiger partial charge in [-0.1, -0.05) is 43.8 Å². The normalized spacial score (nSPS) is 16.0. The maximum atomic E-state index is 12.4. The first-order chi connectivity index (χ1) is 13.7. The van der Waals surface area contributed by atoms with Crippen LogP contribution in [0.2, 0.25) is 0 Å². The molecule has 0 amide bonds. The van der Waals surface area contributed by atoms with Gasteiger partial charge in [0, 0.05) is 41.3 Å². The van der Waals surface area contributed by atoms with E-state index in [1.165, 1.54) is 17.3 Å². The average molecular weight is 412 g/mol. The molecule has 0 radical (unpaired) electrons. The van der Waals surface area contributed by atoms with Crippen molar-refractivity contribution in [2.24, 2.45) is 0 Å². The number of benzene rings is 1. The molecule has 2 heterocycles. The molecule has 152 valence electrons. The smallest absolute Gasteiger partial charge is 0.316 e. The molecule has 1 aliphatic rings. The molecule has 0 saturated heterocycles. The number of allylic oxidation sites excluding steroid dienone is 1. The van der Waals surface area contributed by atoms with Crippen LogP contribution in [0, 0.1) is 13.8 Å². The Hall–Kier alpha value is -2.67. The Morgan fingerprint density at radius 3 is 2.48 bits per heavy atom. The maximum absolute atomic E-state index is 12.4. The van der Waals surface area contributed by atoms with E-state index in [0.717, 1.165) is 22.8 Å². The molecule has 0 fully saturated rings. The van der Waals surface area contributed by atoms with Crippen LogP contribution >= 0.6 is 11.8 Å². The van der Waals surface area contributed by atoms with Crippen LogP contribution in [-0.4, -0.2) is 41.1 Å². The number of likely N-dealkylation sites (N-methyl/N-ethyl adjacent to an activating group) is 1. The number of nitrogens with zero attached hydrogens (tertiary/aromatic N) is 3. The number of hydrogen-bond acceptors (Lipinski definition) is 7. The van der Waals surface area contributed by atoms with E-state index in [0.29, 0.717) is 5.16 Å². The van der Waals surface area contributed by atoms with E-state index in [9.17, 15) is 9.59 Å². The largest absolute Gasteiger partial charge is 0.457 e. The van der Waals surface area contributed by atoms with Crippen LogP contribution in [0.4, 0.5) is 5.69 Å². The highest BCUT2D eigenvalue weighted by Crippen LogP contribution is 2.46. The van der Waals surface area contributed by atoms with E-state index in [-0.39, 0.29) is 23.6 Å². The lowest BCUT2D eigenvalue weighted by Crippen LogP contribution is -2.25. The average Bonchev–Trinajstić information content (AvgIpc) is 2.85. The number of rotatable bonds is 6. The molecule has 1 aromatic heterocycles. The molecule has 1 aliphatic heterocycles. The van der Waals surface area contributed by atoms with Gasteiger partial charge in [0.25, 0.3) is 0 Å². The quantitative estimate of drug-likeness (QED) is 0.311. The van der Waals surface area contributed by atoms with Crippen LogP contribution in [0.1, 0.15) is 30.8 Å². The summed E-state index contributed by atoms with van der Waals surface area (Å²) < 4.78 is 5.15. The van der Waals surface area contributed by atoms with Crippen LogP contribution in [0.15, 0.2) is 47.3 Å². The second-order valence-corrected chi connectivity index (χ2v) is 8.52. The van der Waals surface area contributed by atoms with E-state index in [1.54, 1.807) is 6.08 Å². The van der Waals surface area contributed by atoms with Crippen LogP contribution in [-0.2, 0) is 19.7 Å². The highest BCUT2D eigenvalue weighted by Gasteiger charge is 2.38. The minimum atomic E-state index is -0.466. The highest BCUT2D eigenvalue weighted by atomic mass is 32.2. The molecule has 1 aromatic carbocycles. The lowest BCUT2D eigenvalue weighted by atomic mass is 9.83. The molecule has 0 aliphatic carbocycles. The number of esters is 1. The molecule has 6 nitrogen and oxygen atoms in total. The molecular weight excluding hydrogens is 386 g/mol. The topological polar surface area (TPSA) is 72.4 Å². The van der Waals surface area contributed by atoms with Crippen LogP contribution in [0.3, 0.4) is 0 Å².